The molecule has 2 amide bonds. The number of nitro groups is 1. The topological polar surface area (TPSA) is 173 Å². The Morgan fingerprint density at radius 1 is 1.44 bits per heavy atom. The van der Waals surface area contributed by atoms with Gasteiger partial charge in [0.2, 0.25) is 5.91 Å². The van der Waals surface area contributed by atoms with Crippen LogP contribution < -0.4 is 5.32 Å². The Balaban J connectivity index is 1.39. The van der Waals surface area contributed by atoms with Gasteiger partial charge in [-0.2, -0.15) is 5.10 Å². The van der Waals surface area contributed by atoms with Crippen LogP contribution in [0, 0.1) is 23.0 Å². The minimum absolute atomic E-state index is 0.0510. The number of amides is 2. The maximum Gasteiger partial charge on any atom is 0.352 e. The number of aromatic nitrogens is 4. The van der Waals surface area contributed by atoms with Gasteiger partial charge in [0.1, 0.15) is 34.5 Å². The average molecular weight is 526 g/mol. The van der Waals surface area contributed by atoms with Gasteiger partial charge >= 0.3 is 11.7 Å². The van der Waals surface area contributed by atoms with Gasteiger partial charge in [0.15, 0.2) is 4.34 Å². The smallest absolute Gasteiger partial charge is 0.352 e. The fourth-order valence-corrected chi connectivity index (χ4v) is 6.79. The van der Waals surface area contributed by atoms with Crippen molar-refractivity contribution in [3.05, 3.63) is 38.8 Å². The highest BCUT2D eigenvalue weighted by atomic mass is 32.2. The van der Waals surface area contributed by atoms with Crippen LogP contribution in [0.4, 0.5) is 5.69 Å². The van der Waals surface area contributed by atoms with E-state index < -0.39 is 40.0 Å². The predicted octanol–water partition coefficient (Wildman–Crippen LogP) is 1.12. The molecule has 0 radical (unpaired) electrons. The molecule has 1 fully saturated rings. The standard InChI is InChI=1S/C18H19N7O6S3/c1-8(4-23-5-11(3-19-23)25(30)31)14(26)20-12-15(27)24-13(17(28)29)10(6-32-16(12)24)7-33-18-22-21-9(2)34-18/h3,5,8,12,16H,4,6-7H2,1-2H3,(H,20,26)(H,28,29)/t8-,12+,16+/m1/s1. The summed E-state index contributed by atoms with van der Waals surface area (Å²) in [6.07, 6.45) is 2.32. The predicted molar refractivity (Wildman–Crippen MR) is 123 cm³/mol. The summed E-state index contributed by atoms with van der Waals surface area (Å²) in [4.78, 5) is 48.8. The fraction of sp³-hybridized carbons (Fsp3) is 0.444. The number of aryl methyl sites for hydroxylation is 1. The van der Waals surface area contributed by atoms with Gasteiger partial charge in [-0.3, -0.25) is 29.3 Å². The number of hydrogen-bond donors (Lipinski definition) is 2. The number of hydrogen-bond acceptors (Lipinski definition) is 11. The van der Waals surface area contributed by atoms with Crippen LogP contribution in [0.25, 0.3) is 0 Å². The second-order valence-electron chi connectivity index (χ2n) is 7.61. The number of carbonyl (C=O) groups excluding carboxylic acids is 2. The van der Waals surface area contributed by atoms with Crippen molar-refractivity contribution in [2.75, 3.05) is 11.5 Å². The molecule has 0 spiro atoms. The average Bonchev–Trinajstić information content (AvgIpc) is 3.43. The molecular weight excluding hydrogens is 506 g/mol. The molecule has 3 atom stereocenters. The lowest BCUT2D eigenvalue weighted by Crippen LogP contribution is -2.71. The zero-order valence-electron chi connectivity index (χ0n) is 17.9. The molecule has 2 aliphatic rings. The number of thioether (sulfide) groups is 2. The monoisotopic (exact) mass is 525 g/mol. The van der Waals surface area contributed by atoms with E-state index in [1.165, 1.54) is 50.6 Å². The van der Waals surface area contributed by atoms with Gasteiger partial charge in [0.25, 0.3) is 5.91 Å². The molecule has 2 N–H and O–H groups in total. The van der Waals surface area contributed by atoms with Crippen LogP contribution in [0.2, 0.25) is 0 Å². The minimum atomic E-state index is -1.19. The number of β-lactam (4-membered cyclic amide) rings is 1. The normalized spacial score (nSPS) is 20.5. The minimum Gasteiger partial charge on any atom is -0.477 e. The van der Waals surface area contributed by atoms with E-state index in [0.29, 0.717) is 17.1 Å². The van der Waals surface area contributed by atoms with Crippen molar-refractivity contribution >= 4 is 58.3 Å². The second-order valence-corrected chi connectivity index (χ2v) is 11.1. The van der Waals surface area contributed by atoms with E-state index in [0.717, 1.165) is 15.5 Å². The van der Waals surface area contributed by atoms with E-state index in [-0.39, 0.29) is 17.9 Å². The Kier molecular flexibility index (Phi) is 6.90. The lowest BCUT2D eigenvalue weighted by Gasteiger charge is -2.49. The number of fused-ring (bicyclic) bond motifs is 1. The first-order valence-electron chi connectivity index (χ1n) is 9.95. The Morgan fingerprint density at radius 2 is 2.21 bits per heavy atom. The fourth-order valence-electron chi connectivity index (χ4n) is 3.49. The van der Waals surface area contributed by atoms with Crippen molar-refractivity contribution in [3.63, 3.8) is 0 Å². The van der Waals surface area contributed by atoms with Gasteiger partial charge in [-0.25, -0.2) is 4.79 Å². The van der Waals surface area contributed by atoms with Crippen LogP contribution in [0.15, 0.2) is 28.0 Å². The molecule has 0 bridgehead atoms. The molecule has 2 aliphatic heterocycles. The number of nitrogens with one attached hydrogen (secondary N) is 1. The van der Waals surface area contributed by atoms with Crippen molar-refractivity contribution in [3.8, 4) is 0 Å². The van der Waals surface area contributed by atoms with Gasteiger partial charge in [0.05, 0.1) is 17.4 Å². The summed E-state index contributed by atoms with van der Waals surface area (Å²) in [6, 6.07) is -0.846. The Bertz CT molecular complexity index is 1190. The van der Waals surface area contributed by atoms with E-state index in [1.54, 1.807) is 6.92 Å². The van der Waals surface area contributed by atoms with E-state index in [2.05, 4.69) is 20.6 Å². The van der Waals surface area contributed by atoms with Crippen LogP contribution in [0.1, 0.15) is 11.9 Å². The first kappa shape index (κ1) is 24.2. The van der Waals surface area contributed by atoms with Gasteiger partial charge in [-0.1, -0.05) is 30.0 Å². The zero-order valence-corrected chi connectivity index (χ0v) is 20.4. The molecule has 0 unspecified atom stereocenters. The van der Waals surface area contributed by atoms with E-state index in [4.69, 9.17) is 0 Å². The summed E-state index contributed by atoms with van der Waals surface area (Å²) in [6.45, 7) is 3.54. The maximum absolute atomic E-state index is 12.8. The first-order chi connectivity index (χ1) is 16.2. The molecule has 1 saturated heterocycles. The SMILES string of the molecule is Cc1nnc(SCC2=C(C(=O)O)N3C(=O)[C@H](NC(=O)[C@H](C)Cn4cc([N+](=O)[O-])cn4)[C@@H]3SC2)s1. The number of rotatable bonds is 9. The lowest BCUT2D eigenvalue weighted by atomic mass is 10.0. The van der Waals surface area contributed by atoms with Gasteiger partial charge < -0.3 is 10.4 Å². The van der Waals surface area contributed by atoms with Gasteiger partial charge in [-0.05, 0) is 12.5 Å². The molecule has 2 aromatic rings. The lowest BCUT2D eigenvalue weighted by molar-refractivity contribution is -0.385. The number of carboxylic acid groups (broad SMARTS) is 1. The Labute approximate surface area is 205 Å². The summed E-state index contributed by atoms with van der Waals surface area (Å²) < 4.78 is 2.01. The van der Waals surface area contributed by atoms with Crippen molar-refractivity contribution in [1.82, 2.24) is 30.2 Å². The zero-order chi connectivity index (χ0) is 24.6. The highest BCUT2D eigenvalue weighted by Gasteiger charge is 2.54. The van der Waals surface area contributed by atoms with Gasteiger partial charge in [0, 0.05) is 11.5 Å². The summed E-state index contributed by atoms with van der Waals surface area (Å²) in [5.74, 6) is -1.96. The molecule has 4 heterocycles. The van der Waals surface area contributed by atoms with Gasteiger partial charge in [-0.15, -0.1) is 22.0 Å². The summed E-state index contributed by atoms with van der Waals surface area (Å²) in [7, 11) is 0. The molecule has 0 saturated carbocycles. The van der Waals surface area contributed by atoms with Crippen LogP contribution >= 0.6 is 34.9 Å². The second kappa shape index (κ2) is 9.71. The van der Waals surface area contributed by atoms with Crippen LogP contribution in [0.5, 0.6) is 0 Å². The summed E-state index contributed by atoms with van der Waals surface area (Å²) >= 11 is 4.17. The van der Waals surface area contributed by atoms with Crippen molar-refractivity contribution in [2.24, 2.45) is 5.92 Å². The molecule has 4 rings (SSSR count). The summed E-state index contributed by atoms with van der Waals surface area (Å²) in [5.41, 5.74) is 0.377. The Morgan fingerprint density at radius 3 is 2.82 bits per heavy atom. The number of carbonyl (C=O) groups is 3. The third kappa shape index (κ3) is 4.78. The first-order valence-corrected chi connectivity index (χ1v) is 12.8. The number of carboxylic acids is 1. The summed E-state index contributed by atoms with van der Waals surface area (Å²) in [5, 5.41) is 35.4. The molecule has 0 aliphatic carbocycles. The van der Waals surface area contributed by atoms with Crippen molar-refractivity contribution in [1.29, 1.82) is 0 Å². The number of aliphatic carboxylic acids is 1. The van der Waals surface area contributed by atoms with E-state index in [9.17, 15) is 29.6 Å². The molecular formula is C18H19N7O6S3. The molecule has 16 heteroatoms. The largest absolute Gasteiger partial charge is 0.477 e. The highest BCUT2D eigenvalue weighted by molar-refractivity contribution is 8.01. The van der Waals surface area contributed by atoms with Crippen LogP contribution in [-0.2, 0) is 20.9 Å². The highest BCUT2D eigenvalue weighted by Crippen LogP contribution is 2.41. The number of nitrogens with zero attached hydrogens (tertiary/aromatic N) is 6. The molecule has 2 aromatic heterocycles. The molecule has 180 valence electrons. The van der Waals surface area contributed by atoms with E-state index >= 15 is 0 Å². The van der Waals surface area contributed by atoms with Crippen molar-refractivity contribution in [2.45, 2.75) is 36.1 Å². The van der Waals surface area contributed by atoms with Crippen LogP contribution in [0.3, 0.4) is 0 Å². The Hall–Kier alpha value is -2.98. The third-order valence-corrected chi connectivity index (χ3v) is 8.56. The quantitative estimate of drug-likeness (QED) is 0.208. The molecule has 34 heavy (non-hydrogen) atoms. The maximum atomic E-state index is 12.8. The van der Waals surface area contributed by atoms with E-state index in [1.807, 2.05) is 6.92 Å². The van der Waals surface area contributed by atoms with Crippen molar-refractivity contribution < 1.29 is 24.4 Å². The third-order valence-electron chi connectivity index (χ3n) is 5.16. The van der Waals surface area contributed by atoms with Crippen LogP contribution in [-0.4, -0.2) is 75.6 Å². The molecule has 0 aromatic carbocycles. The molecule has 13 nitrogen and oxygen atoms in total.